The summed E-state index contributed by atoms with van der Waals surface area (Å²) < 4.78 is 0. The molecule has 0 nitrogen and oxygen atoms in total. The molecule has 2 heteroatoms. The Balaban J connectivity index is 0. The zero-order valence-electron chi connectivity index (χ0n) is 3.80. The van der Waals surface area contributed by atoms with Crippen LogP contribution in [0.4, 0.5) is 0 Å². The summed E-state index contributed by atoms with van der Waals surface area (Å²) >= 11 is 0. The molecule has 0 aliphatic heterocycles. The molecule has 0 spiro atoms. The molecule has 1 radical (unpaired) electrons. The van der Waals surface area contributed by atoms with Gasteiger partial charge in [-0.2, -0.15) is 0 Å². The van der Waals surface area contributed by atoms with E-state index in [9.17, 15) is 0 Å². The van der Waals surface area contributed by atoms with E-state index >= 15 is 0 Å². The van der Waals surface area contributed by atoms with Crippen LogP contribution in [-0.4, -0.2) is 20.0 Å². The van der Waals surface area contributed by atoms with Crippen LogP contribution in [0.25, 0.3) is 0 Å². The monoisotopic (exact) mass is 184 g/mol. The molecule has 5 heavy (non-hydrogen) atoms. The Hall–Kier alpha value is 1.17. The van der Waals surface area contributed by atoms with Crippen LogP contribution in [0.15, 0.2) is 0 Å². The van der Waals surface area contributed by atoms with Crippen molar-refractivity contribution in [2.45, 2.75) is 0 Å². The summed E-state index contributed by atoms with van der Waals surface area (Å²) in [5, 5.41) is 0. The van der Waals surface area contributed by atoms with Crippen LogP contribution < -0.4 is 0 Å². The van der Waals surface area contributed by atoms with E-state index in [4.69, 9.17) is 0 Å². The van der Waals surface area contributed by atoms with E-state index < -0.39 is 0 Å². The summed E-state index contributed by atoms with van der Waals surface area (Å²) in [4.78, 5) is 0. The molecule has 0 aliphatic carbocycles. The normalized spacial score (nSPS) is 7.20. The topological polar surface area (TPSA) is 0 Å². The average Bonchev–Trinajstić information content (AvgIpc) is 0.811. The Kier molecular flexibility index (Phi) is 9.81. The van der Waals surface area contributed by atoms with Gasteiger partial charge in [-0.25, -0.2) is 0 Å². The van der Waals surface area contributed by atoms with Crippen LogP contribution in [-0.2, 0) is 22.4 Å². The molecule has 0 saturated heterocycles. The molecule has 0 heterocycles. The molecule has 0 bridgehead atoms. The van der Waals surface area contributed by atoms with Gasteiger partial charge >= 0.3 is 0 Å². The fraction of sp³-hybridized carbons (Fsp3) is 1.00. The Morgan fingerprint density at radius 1 is 1.00 bits per heavy atom. The Bertz CT molecular complexity index is 11.6. The summed E-state index contributed by atoms with van der Waals surface area (Å²) in [6.45, 7) is 6.81. The van der Waals surface area contributed by atoms with E-state index in [1.54, 1.807) is 0 Å². The Morgan fingerprint density at radius 2 is 1.00 bits per heavy atom. The van der Waals surface area contributed by atoms with Crippen molar-refractivity contribution in [3.8, 4) is 0 Å². The fourth-order valence-electron chi connectivity index (χ4n) is 0. The molecule has 0 rings (SSSR count). The van der Waals surface area contributed by atoms with E-state index in [1.165, 1.54) is 0 Å². The van der Waals surface area contributed by atoms with Gasteiger partial charge in [0.1, 0.15) is 0 Å². The molecule has 0 saturated carbocycles. The maximum Gasteiger partial charge on any atom is 0.0461 e. The molecule has 0 N–H and O–H groups in total. The zero-order chi connectivity index (χ0) is 3.58. The maximum absolute atomic E-state index is 2.27. The first-order valence-corrected chi connectivity index (χ1v) is 4.50. The molecular weight excluding hydrogens is 175 g/mol. The number of hydrogen-bond acceptors (Lipinski definition) is 0. The van der Waals surface area contributed by atoms with E-state index in [2.05, 4.69) is 20.0 Å². The minimum atomic E-state index is 0. The Labute approximate surface area is 50.6 Å². The van der Waals surface area contributed by atoms with Crippen molar-refractivity contribution >= 4 is 7.92 Å². The van der Waals surface area contributed by atoms with Crippen molar-refractivity contribution < 1.29 is 22.4 Å². The van der Waals surface area contributed by atoms with Gasteiger partial charge in [0, 0.05) is 42.4 Å². The molecule has 0 aromatic rings. The van der Waals surface area contributed by atoms with Crippen LogP contribution in [0.1, 0.15) is 0 Å². The fourth-order valence-corrected chi connectivity index (χ4v) is 0. The number of rotatable bonds is 0. The third-order valence-corrected chi connectivity index (χ3v) is 0. The SMILES string of the molecule is C[PH+](C)C.[Ag]. The first kappa shape index (κ1) is 9.48. The second kappa shape index (κ2) is 5.17. The molecule has 0 atom stereocenters. The molecule has 0 aliphatic rings. The number of hydrogen-bond donors (Lipinski definition) is 0. The third kappa shape index (κ3) is 37.9. The maximum atomic E-state index is 2.27. The van der Waals surface area contributed by atoms with Crippen molar-refractivity contribution in [1.82, 2.24) is 0 Å². The molecule has 0 aromatic carbocycles. The predicted molar refractivity (Wildman–Crippen MR) is 26.1 cm³/mol. The molecule has 0 aromatic heterocycles. The third-order valence-electron chi connectivity index (χ3n) is 0. The average molecular weight is 185 g/mol. The second-order valence-electron chi connectivity index (χ2n) is 1.50. The van der Waals surface area contributed by atoms with E-state index in [0.29, 0.717) is 0 Å². The van der Waals surface area contributed by atoms with Gasteiger partial charge < -0.3 is 0 Å². The Morgan fingerprint density at radius 3 is 1.00 bits per heavy atom. The molecule has 37 valence electrons. The van der Waals surface area contributed by atoms with Gasteiger partial charge in [0.25, 0.3) is 0 Å². The zero-order valence-corrected chi connectivity index (χ0v) is 6.28. The van der Waals surface area contributed by atoms with Crippen molar-refractivity contribution in [3.63, 3.8) is 0 Å². The molecular formula is C3H10AgP+. The van der Waals surface area contributed by atoms with Gasteiger partial charge in [0.05, 0.1) is 0 Å². The first-order valence-electron chi connectivity index (χ1n) is 1.50. The summed E-state index contributed by atoms with van der Waals surface area (Å²) in [6.07, 6.45) is 0. The van der Waals surface area contributed by atoms with Crippen LogP contribution in [0.3, 0.4) is 0 Å². The van der Waals surface area contributed by atoms with Gasteiger partial charge in [-0.1, -0.05) is 0 Å². The van der Waals surface area contributed by atoms with E-state index in [-0.39, 0.29) is 30.3 Å². The van der Waals surface area contributed by atoms with Crippen molar-refractivity contribution in [3.05, 3.63) is 0 Å². The van der Waals surface area contributed by atoms with E-state index in [1.807, 2.05) is 0 Å². The smallest absolute Gasteiger partial charge is 0.00840 e. The van der Waals surface area contributed by atoms with Crippen LogP contribution in [0.2, 0.25) is 0 Å². The van der Waals surface area contributed by atoms with Gasteiger partial charge in [-0.05, 0) is 7.92 Å². The largest absolute Gasteiger partial charge is 0.0461 e. The summed E-state index contributed by atoms with van der Waals surface area (Å²) in [5.41, 5.74) is 0. The summed E-state index contributed by atoms with van der Waals surface area (Å²) in [7, 11) is 0.120. The second-order valence-corrected chi connectivity index (χ2v) is 4.50. The quantitative estimate of drug-likeness (QED) is 0.391. The van der Waals surface area contributed by atoms with Crippen molar-refractivity contribution in [1.29, 1.82) is 0 Å². The van der Waals surface area contributed by atoms with Crippen molar-refractivity contribution in [2.75, 3.05) is 20.0 Å². The van der Waals surface area contributed by atoms with Crippen LogP contribution in [0.5, 0.6) is 0 Å². The summed E-state index contributed by atoms with van der Waals surface area (Å²) in [6, 6.07) is 0. The van der Waals surface area contributed by atoms with Gasteiger partial charge in [-0.15, -0.1) is 0 Å². The minimum Gasteiger partial charge on any atom is -0.00840 e. The molecule has 0 amide bonds. The summed E-state index contributed by atoms with van der Waals surface area (Å²) in [5.74, 6) is 0. The van der Waals surface area contributed by atoms with E-state index in [0.717, 1.165) is 0 Å². The van der Waals surface area contributed by atoms with Gasteiger partial charge in [-0.3, -0.25) is 0 Å². The standard InChI is InChI=1S/C3H9P.Ag/c1-4(2)3;/h1-3H3;/p+1. The molecule has 0 fully saturated rings. The van der Waals surface area contributed by atoms with Gasteiger partial charge in [0.2, 0.25) is 0 Å². The van der Waals surface area contributed by atoms with Crippen LogP contribution >= 0.6 is 7.92 Å². The van der Waals surface area contributed by atoms with Gasteiger partial charge in [0.15, 0.2) is 0 Å². The van der Waals surface area contributed by atoms with Crippen LogP contribution in [0, 0.1) is 0 Å². The predicted octanol–water partition coefficient (Wildman–Crippen LogP) is 1.09. The minimum absolute atomic E-state index is 0. The molecule has 0 unspecified atom stereocenters. The first-order chi connectivity index (χ1) is 1.73. The van der Waals surface area contributed by atoms with Crippen molar-refractivity contribution in [2.24, 2.45) is 0 Å².